The molecule has 0 bridgehead atoms. The molecule has 2 aliphatic rings. The Balaban J connectivity index is 1.46. The van der Waals surface area contributed by atoms with Crippen LogP contribution in [0.25, 0.3) is 22.3 Å². The van der Waals surface area contributed by atoms with Gasteiger partial charge in [0, 0.05) is 29.1 Å². The number of nitrogens with one attached hydrogen (secondary N) is 1. The normalized spacial score (nSPS) is 18.9. The number of amides is 3. The Bertz CT molecular complexity index is 1210. The monoisotopic (exact) mass is 406 g/mol. The third-order valence-electron chi connectivity index (χ3n) is 5.32. The van der Waals surface area contributed by atoms with Crippen LogP contribution in [-0.4, -0.2) is 38.6 Å². The number of imide groups is 1. The molecule has 1 atom stereocenters. The highest BCUT2D eigenvalue weighted by molar-refractivity contribution is 6.31. The molecule has 3 amide bonds. The maximum atomic E-state index is 12.8. The van der Waals surface area contributed by atoms with E-state index in [0.29, 0.717) is 34.8 Å². The Hall–Kier alpha value is -3.32. The van der Waals surface area contributed by atoms with Crippen molar-refractivity contribution in [1.82, 2.24) is 20.2 Å². The maximum absolute atomic E-state index is 12.8. The molecule has 1 unspecified atom stereocenters. The van der Waals surface area contributed by atoms with Gasteiger partial charge in [0.15, 0.2) is 0 Å². The average molecular weight is 407 g/mol. The molecule has 1 saturated heterocycles. The van der Waals surface area contributed by atoms with E-state index in [1.165, 1.54) is 4.90 Å². The fourth-order valence-corrected chi connectivity index (χ4v) is 4.02. The van der Waals surface area contributed by atoms with Gasteiger partial charge >= 0.3 is 0 Å². The van der Waals surface area contributed by atoms with Crippen LogP contribution in [0.5, 0.6) is 0 Å². The average Bonchev–Trinajstić information content (AvgIpc) is 3.03. The van der Waals surface area contributed by atoms with E-state index in [1.807, 2.05) is 18.2 Å². The van der Waals surface area contributed by atoms with Gasteiger partial charge in [-0.15, -0.1) is 0 Å². The van der Waals surface area contributed by atoms with Crippen molar-refractivity contribution in [3.63, 3.8) is 0 Å². The predicted octanol–water partition coefficient (Wildman–Crippen LogP) is 2.71. The number of hydrogen-bond acceptors (Lipinski definition) is 5. The minimum absolute atomic E-state index is 0.194. The van der Waals surface area contributed by atoms with E-state index in [-0.39, 0.29) is 18.2 Å². The molecule has 0 radical (unpaired) electrons. The second-order valence-corrected chi connectivity index (χ2v) is 7.60. The smallest absolute Gasteiger partial charge is 0.255 e. The lowest BCUT2D eigenvalue weighted by molar-refractivity contribution is -0.136. The van der Waals surface area contributed by atoms with Crippen LogP contribution >= 0.6 is 11.6 Å². The summed E-state index contributed by atoms with van der Waals surface area (Å²) in [6.07, 6.45) is 2.25. The van der Waals surface area contributed by atoms with Crippen molar-refractivity contribution in [3.05, 3.63) is 58.7 Å². The van der Waals surface area contributed by atoms with Crippen molar-refractivity contribution in [2.75, 3.05) is 0 Å². The van der Waals surface area contributed by atoms with Gasteiger partial charge < -0.3 is 4.90 Å². The number of nitrogens with zero attached hydrogens (tertiary/aromatic N) is 3. The minimum Gasteiger partial charge on any atom is -0.322 e. The first-order valence-electron chi connectivity index (χ1n) is 9.20. The highest BCUT2D eigenvalue weighted by Gasteiger charge is 2.39. The molecule has 7 nitrogen and oxygen atoms in total. The van der Waals surface area contributed by atoms with Crippen LogP contribution in [0.1, 0.15) is 28.8 Å². The molecule has 3 heterocycles. The quantitative estimate of drug-likeness (QED) is 0.660. The number of aromatic nitrogens is 2. The summed E-state index contributed by atoms with van der Waals surface area (Å²) >= 11 is 6.00. The van der Waals surface area contributed by atoms with Gasteiger partial charge in [0.1, 0.15) is 6.04 Å². The molecule has 0 saturated carbocycles. The summed E-state index contributed by atoms with van der Waals surface area (Å²) in [6, 6.07) is 10.2. The van der Waals surface area contributed by atoms with Gasteiger partial charge in [-0.25, -0.2) is 4.98 Å². The Labute approximate surface area is 170 Å². The van der Waals surface area contributed by atoms with E-state index in [0.717, 1.165) is 16.6 Å². The van der Waals surface area contributed by atoms with Crippen molar-refractivity contribution in [2.45, 2.75) is 25.4 Å². The number of benzene rings is 2. The summed E-state index contributed by atoms with van der Waals surface area (Å²) in [7, 11) is 0. The minimum atomic E-state index is -0.624. The van der Waals surface area contributed by atoms with E-state index in [4.69, 9.17) is 11.6 Å². The molecule has 1 N–H and O–H groups in total. The van der Waals surface area contributed by atoms with Crippen LogP contribution < -0.4 is 5.32 Å². The number of fused-ring (bicyclic) bond motifs is 2. The maximum Gasteiger partial charge on any atom is 0.255 e. The summed E-state index contributed by atoms with van der Waals surface area (Å²) in [6.45, 7) is 0.324. The number of hydrogen-bond donors (Lipinski definition) is 1. The molecular weight excluding hydrogens is 392 g/mol. The fourth-order valence-electron chi connectivity index (χ4n) is 3.86. The summed E-state index contributed by atoms with van der Waals surface area (Å²) in [4.78, 5) is 47.0. The van der Waals surface area contributed by atoms with Crippen LogP contribution in [0.15, 0.2) is 42.6 Å². The van der Waals surface area contributed by atoms with E-state index in [1.54, 1.807) is 24.4 Å². The Morgan fingerprint density at radius 3 is 2.76 bits per heavy atom. The van der Waals surface area contributed by atoms with Gasteiger partial charge in [-0.3, -0.25) is 24.7 Å². The van der Waals surface area contributed by atoms with Gasteiger partial charge in [-0.2, -0.15) is 0 Å². The molecule has 0 spiro atoms. The topological polar surface area (TPSA) is 92.3 Å². The highest BCUT2D eigenvalue weighted by atomic mass is 35.5. The number of rotatable bonds is 2. The Morgan fingerprint density at radius 2 is 1.93 bits per heavy atom. The van der Waals surface area contributed by atoms with E-state index < -0.39 is 11.9 Å². The van der Waals surface area contributed by atoms with Gasteiger partial charge in [-0.05, 0) is 42.3 Å². The molecule has 3 aromatic rings. The van der Waals surface area contributed by atoms with E-state index >= 15 is 0 Å². The standard InChI is InChI=1S/C21H15ClN4O3/c22-13-2-4-15-16(8-13)23-9-17(24-15)11-1-3-14-12(7-11)10-26(21(14)29)18-5-6-19(27)25-20(18)28/h1-4,7-9,18H,5-6,10H2,(H,25,27,28). The third kappa shape index (κ3) is 3.03. The first-order chi connectivity index (χ1) is 14.0. The molecule has 0 aliphatic carbocycles. The van der Waals surface area contributed by atoms with Crippen molar-refractivity contribution >= 4 is 40.4 Å². The van der Waals surface area contributed by atoms with Crippen molar-refractivity contribution in [3.8, 4) is 11.3 Å². The Kier molecular flexibility index (Phi) is 4.06. The molecule has 5 rings (SSSR count). The molecule has 8 heteroatoms. The molecule has 1 fully saturated rings. The van der Waals surface area contributed by atoms with Crippen LogP contribution in [0.4, 0.5) is 0 Å². The predicted molar refractivity (Wildman–Crippen MR) is 106 cm³/mol. The van der Waals surface area contributed by atoms with E-state index in [2.05, 4.69) is 15.3 Å². The van der Waals surface area contributed by atoms with Crippen LogP contribution in [0.3, 0.4) is 0 Å². The number of carbonyl (C=O) groups is 3. The molecule has 1 aromatic heterocycles. The lowest BCUT2D eigenvalue weighted by Crippen LogP contribution is -2.52. The third-order valence-corrected chi connectivity index (χ3v) is 5.56. The van der Waals surface area contributed by atoms with E-state index in [9.17, 15) is 14.4 Å². The first-order valence-corrected chi connectivity index (χ1v) is 9.58. The zero-order valence-corrected chi connectivity index (χ0v) is 15.9. The summed E-state index contributed by atoms with van der Waals surface area (Å²) in [5.74, 6) is -0.907. The van der Waals surface area contributed by atoms with Crippen molar-refractivity contribution < 1.29 is 14.4 Å². The molecule has 144 valence electrons. The SMILES string of the molecule is O=C1CCC(N2Cc3cc(-c4cnc5cc(Cl)ccc5n4)ccc3C2=O)C(=O)N1. The van der Waals surface area contributed by atoms with Gasteiger partial charge in [0.05, 0.1) is 22.9 Å². The highest BCUT2D eigenvalue weighted by Crippen LogP contribution is 2.31. The lowest BCUT2D eigenvalue weighted by Gasteiger charge is -2.29. The number of halogens is 1. The molecule has 29 heavy (non-hydrogen) atoms. The Morgan fingerprint density at radius 1 is 1.07 bits per heavy atom. The van der Waals surface area contributed by atoms with Crippen LogP contribution in [-0.2, 0) is 16.1 Å². The van der Waals surface area contributed by atoms with Crippen molar-refractivity contribution in [1.29, 1.82) is 0 Å². The first kappa shape index (κ1) is 17.8. The summed E-state index contributed by atoms with van der Waals surface area (Å²) in [5, 5.41) is 2.91. The zero-order valence-electron chi connectivity index (χ0n) is 15.2. The van der Waals surface area contributed by atoms with Crippen LogP contribution in [0.2, 0.25) is 5.02 Å². The van der Waals surface area contributed by atoms with Gasteiger partial charge in [-0.1, -0.05) is 17.7 Å². The summed E-state index contributed by atoms with van der Waals surface area (Å²) < 4.78 is 0. The zero-order chi connectivity index (χ0) is 20.1. The van der Waals surface area contributed by atoms with Gasteiger partial charge in [0.25, 0.3) is 5.91 Å². The largest absolute Gasteiger partial charge is 0.322 e. The van der Waals surface area contributed by atoms with Gasteiger partial charge in [0.2, 0.25) is 11.8 Å². The summed E-state index contributed by atoms with van der Waals surface area (Å²) in [5.41, 5.74) is 4.37. The van der Waals surface area contributed by atoms with Crippen LogP contribution in [0, 0.1) is 0 Å². The number of carbonyl (C=O) groups excluding carboxylic acids is 3. The lowest BCUT2D eigenvalue weighted by atomic mass is 10.0. The number of piperidine rings is 1. The second kappa shape index (κ2) is 6.63. The molecular formula is C21H15ClN4O3. The van der Waals surface area contributed by atoms with Crippen molar-refractivity contribution in [2.24, 2.45) is 0 Å². The fraction of sp³-hybridized carbons (Fsp3) is 0.190. The second-order valence-electron chi connectivity index (χ2n) is 7.16. The molecule has 2 aromatic carbocycles. The molecule has 2 aliphatic heterocycles.